The van der Waals surface area contributed by atoms with Gasteiger partial charge < -0.3 is 5.32 Å². The number of thiazole rings is 1. The number of thioether (sulfide) groups is 1. The number of rotatable bonds is 5. The van der Waals surface area contributed by atoms with Crippen molar-refractivity contribution in [3.05, 3.63) is 27.5 Å². The summed E-state index contributed by atoms with van der Waals surface area (Å²) in [6.07, 6.45) is 5.09. The number of anilines is 1. The number of Topliss-reactive ketones (excluding diaryl/α,β-unsaturated/α-hetero) is 1. The lowest BCUT2D eigenvalue weighted by Crippen LogP contribution is -2.13. The molecule has 0 fully saturated rings. The van der Waals surface area contributed by atoms with Gasteiger partial charge in [0, 0.05) is 24.2 Å². The van der Waals surface area contributed by atoms with E-state index in [1.165, 1.54) is 23.1 Å². The molecular weight excluding hydrogens is 356 g/mol. The first-order valence-electron chi connectivity index (χ1n) is 8.18. The fourth-order valence-electron chi connectivity index (χ4n) is 2.90. The van der Waals surface area contributed by atoms with Crippen molar-refractivity contribution in [2.75, 3.05) is 11.6 Å². The lowest BCUT2D eigenvalue weighted by Gasteiger charge is -2.09. The van der Waals surface area contributed by atoms with E-state index in [9.17, 15) is 9.59 Å². The minimum Gasteiger partial charge on any atom is -0.302 e. The van der Waals surface area contributed by atoms with Gasteiger partial charge in [0.2, 0.25) is 5.91 Å². The molecule has 1 aliphatic carbocycles. The monoisotopic (exact) mass is 376 g/mol. The Labute approximate surface area is 154 Å². The molecule has 0 radical (unpaired) electrons. The van der Waals surface area contributed by atoms with Gasteiger partial charge in [0.05, 0.1) is 10.6 Å². The molecule has 0 unspecified atom stereocenters. The number of nitrogens with one attached hydrogen (secondary N) is 1. The van der Waals surface area contributed by atoms with Crippen LogP contribution in [0.5, 0.6) is 0 Å². The van der Waals surface area contributed by atoms with Crippen LogP contribution in [-0.4, -0.2) is 32.9 Å². The predicted octanol–water partition coefficient (Wildman–Crippen LogP) is 3.36. The third-order valence-electron chi connectivity index (χ3n) is 4.20. The van der Waals surface area contributed by atoms with Gasteiger partial charge >= 0.3 is 0 Å². The fraction of sp³-hybridized carbons (Fsp3) is 0.471. The van der Waals surface area contributed by atoms with E-state index in [1.54, 1.807) is 0 Å². The maximum atomic E-state index is 12.3. The van der Waals surface area contributed by atoms with E-state index in [4.69, 9.17) is 0 Å². The van der Waals surface area contributed by atoms with E-state index < -0.39 is 0 Å². The highest BCUT2D eigenvalue weighted by Crippen LogP contribution is 2.29. The quantitative estimate of drug-likeness (QED) is 0.636. The lowest BCUT2D eigenvalue weighted by molar-refractivity contribution is -0.116. The van der Waals surface area contributed by atoms with Crippen LogP contribution in [0.2, 0.25) is 0 Å². The number of carbonyl (C=O) groups excluding carboxylic acids is 2. The normalized spacial score (nSPS) is 13.6. The third-order valence-corrected chi connectivity index (χ3v) is 5.80. The number of nitrogens with zero attached hydrogens (tertiary/aromatic N) is 3. The number of ketones is 1. The third kappa shape index (κ3) is 4.07. The largest absolute Gasteiger partial charge is 0.302 e. The number of amides is 1. The van der Waals surface area contributed by atoms with Gasteiger partial charge in [-0.2, -0.15) is 0 Å². The van der Waals surface area contributed by atoms with Crippen molar-refractivity contribution in [3.63, 3.8) is 0 Å². The highest BCUT2D eigenvalue weighted by Gasteiger charge is 2.22. The zero-order valence-corrected chi connectivity index (χ0v) is 16.1. The van der Waals surface area contributed by atoms with Crippen molar-refractivity contribution < 1.29 is 9.59 Å². The molecule has 25 heavy (non-hydrogen) atoms. The van der Waals surface area contributed by atoms with Crippen LogP contribution in [0.15, 0.2) is 5.16 Å². The molecule has 1 N–H and O–H groups in total. The molecule has 0 saturated carbocycles. The highest BCUT2D eigenvalue weighted by atomic mass is 32.2. The average Bonchev–Trinajstić information content (AvgIpc) is 2.97. The smallest absolute Gasteiger partial charge is 0.226 e. The van der Waals surface area contributed by atoms with Gasteiger partial charge in [-0.25, -0.2) is 15.0 Å². The molecule has 0 spiro atoms. The number of aromatic nitrogens is 3. The summed E-state index contributed by atoms with van der Waals surface area (Å²) in [5.74, 6) is 0.0304. The summed E-state index contributed by atoms with van der Waals surface area (Å²) in [6.45, 7) is 3.89. The van der Waals surface area contributed by atoms with E-state index >= 15 is 0 Å². The van der Waals surface area contributed by atoms with Crippen LogP contribution >= 0.6 is 23.1 Å². The van der Waals surface area contributed by atoms with Gasteiger partial charge in [-0.3, -0.25) is 9.59 Å². The minimum absolute atomic E-state index is 0.105. The van der Waals surface area contributed by atoms with Crippen LogP contribution in [0, 0.1) is 13.8 Å². The van der Waals surface area contributed by atoms with Gasteiger partial charge in [-0.1, -0.05) is 23.1 Å². The van der Waals surface area contributed by atoms with Crippen LogP contribution in [0.4, 0.5) is 5.13 Å². The van der Waals surface area contributed by atoms with Crippen molar-refractivity contribution in [2.45, 2.75) is 51.1 Å². The lowest BCUT2D eigenvalue weighted by atomic mass is 10.0. The Hall–Kier alpha value is -1.80. The van der Waals surface area contributed by atoms with Crippen molar-refractivity contribution in [1.82, 2.24) is 15.0 Å². The summed E-state index contributed by atoms with van der Waals surface area (Å²) in [5.41, 5.74) is 3.67. The zero-order valence-electron chi connectivity index (χ0n) is 14.5. The van der Waals surface area contributed by atoms with E-state index in [0.717, 1.165) is 40.6 Å². The Morgan fingerprint density at radius 1 is 1.20 bits per heavy atom. The first kappa shape index (κ1) is 18.0. The van der Waals surface area contributed by atoms with Crippen LogP contribution in [0.3, 0.4) is 0 Å². The molecular formula is C17H20N4O2S2. The molecule has 2 aromatic rings. The second-order valence-corrected chi connectivity index (χ2v) is 7.75. The fourth-order valence-corrected chi connectivity index (χ4v) is 4.36. The average molecular weight is 377 g/mol. The SMILES string of the molecule is CSc1nc(C)c(CCC(=O)Nc2nc3c(s2)C(=O)CCC3)c(C)n1. The molecule has 2 aromatic heterocycles. The molecule has 3 rings (SSSR count). The van der Waals surface area contributed by atoms with Gasteiger partial charge in [-0.05, 0) is 44.9 Å². The standard InChI is InChI=1S/C17H20N4O2S2/c1-9-11(10(2)19-16(18-9)24-3)7-8-14(23)21-17-20-12-5-4-6-13(22)15(12)25-17/h4-8H2,1-3H3,(H,20,21,23). The molecule has 8 heteroatoms. The summed E-state index contributed by atoms with van der Waals surface area (Å²) in [5, 5.41) is 4.09. The van der Waals surface area contributed by atoms with Crippen molar-refractivity contribution in [3.8, 4) is 0 Å². The Kier molecular flexibility index (Phi) is 5.48. The van der Waals surface area contributed by atoms with Crippen LogP contribution in [0.25, 0.3) is 0 Å². The number of hydrogen-bond acceptors (Lipinski definition) is 7. The first-order valence-corrected chi connectivity index (χ1v) is 10.2. The van der Waals surface area contributed by atoms with Crippen LogP contribution in [0.1, 0.15) is 51.6 Å². The molecule has 6 nitrogen and oxygen atoms in total. The molecule has 0 aliphatic heterocycles. The Bertz CT molecular complexity index is 809. The second-order valence-electron chi connectivity index (χ2n) is 5.98. The predicted molar refractivity (Wildman–Crippen MR) is 99.6 cm³/mol. The Balaban J connectivity index is 1.63. The summed E-state index contributed by atoms with van der Waals surface area (Å²) >= 11 is 2.79. The van der Waals surface area contributed by atoms with Crippen molar-refractivity contribution >= 4 is 39.9 Å². The number of aryl methyl sites for hydroxylation is 3. The zero-order chi connectivity index (χ0) is 18.0. The van der Waals surface area contributed by atoms with E-state index in [0.29, 0.717) is 29.3 Å². The summed E-state index contributed by atoms with van der Waals surface area (Å²) < 4.78 is 0. The molecule has 132 valence electrons. The van der Waals surface area contributed by atoms with Crippen molar-refractivity contribution in [2.24, 2.45) is 0 Å². The summed E-state index contributed by atoms with van der Waals surface area (Å²) in [6, 6.07) is 0. The Morgan fingerprint density at radius 3 is 2.56 bits per heavy atom. The van der Waals surface area contributed by atoms with E-state index in [1.807, 2.05) is 20.1 Å². The van der Waals surface area contributed by atoms with Crippen LogP contribution < -0.4 is 5.32 Å². The number of carbonyl (C=O) groups is 2. The second kappa shape index (κ2) is 7.61. The molecule has 0 bridgehead atoms. The van der Waals surface area contributed by atoms with Gasteiger partial charge in [0.1, 0.15) is 0 Å². The summed E-state index contributed by atoms with van der Waals surface area (Å²) in [7, 11) is 0. The van der Waals surface area contributed by atoms with Crippen molar-refractivity contribution in [1.29, 1.82) is 0 Å². The maximum Gasteiger partial charge on any atom is 0.226 e. The molecule has 0 saturated heterocycles. The number of fused-ring (bicyclic) bond motifs is 1. The maximum absolute atomic E-state index is 12.3. The Morgan fingerprint density at radius 2 is 1.92 bits per heavy atom. The van der Waals surface area contributed by atoms with Gasteiger partial charge in [-0.15, -0.1) is 0 Å². The van der Waals surface area contributed by atoms with Crippen LogP contribution in [-0.2, 0) is 17.6 Å². The molecule has 1 amide bonds. The van der Waals surface area contributed by atoms with E-state index in [-0.39, 0.29) is 11.7 Å². The molecule has 0 aromatic carbocycles. The molecule has 2 heterocycles. The van der Waals surface area contributed by atoms with Gasteiger partial charge in [0.15, 0.2) is 16.1 Å². The number of hydrogen-bond donors (Lipinski definition) is 1. The molecule has 1 aliphatic rings. The topological polar surface area (TPSA) is 84.8 Å². The summed E-state index contributed by atoms with van der Waals surface area (Å²) in [4.78, 5) is 38.1. The molecule has 0 atom stereocenters. The highest BCUT2D eigenvalue weighted by molar-refractivity contribution is 7.98. The van der Waals surface area contributed by atoms with Gasteiger partial charge in [0.25, 0.3) is 0 Å². The van der Waals surface area contributed by atoms with E-state index in [2.05, 4.69) is 20.3 Å². The minimum atomic E-state index is -0.105. The first-order chi connectivity index (χ1) is 12.0.